The summed E-state index contributed by atoms with van der Waals surface area (Å²) in [4.78, 5) is 2.83. The highest BCUT2D eigenvalue weighted by molar-refractivity contribution is 7.11. The maximum Gasteiger partial charge on any atom is 0.0346 e. The normalized spacial score (nSPS) is 12.7. The lowest BCUT2D eigenvalue weighted by atomic mass is 9.97. The number of hydrogen-bond donors (Lipinski definition) is 1. The lowest BCUT2D eigenvalue weighted by molar-refractivity contribution is 0.724. The van der Waals surface area contributed by atoms with Gasteiger partial charge in [-0.2, -0.15) is 0 Å². The largest absolute Gasteiger partial charge is 0.324 e. The molecule has 18 heavy (non-hydrogen) atoms. The molecule has 2 aromatic rings. The molecule has 1 aromatic carbocycles. The molecule has 0 spiro atoms. The molecule has 96 valence electrons. The van der Waals surface area contributed by atoms with Crippen LogP contribution in [0.3, 0.4) is 0 Å². The highest BCUT2D eigenvalue weighted by Crippen LogP contribution is 2.25. The van der Waals surface area contributed by atoms with Crippen LogP contribution < -0.4 is 5.73 Å². The van der Waals surface area contributed by atoms with E-state index >= 15 is 0 Å². The van der Waals surface area contributed by atoms with Gasteiger partial charge >= 0.3 is 0 Å². The van der Waals surface area contributed by atoms with Gasteiger partial charge in [-0.05, 0) is 43.5 Å². The Balaban J connectivity index is 2.13. The van der Waals surface area contributed by atoms with E-state index in [0.717, 1.165) is 12.8 Å². The van der Waals surface area contributed by atoms with Crippen molar-refractivity contribution in [2.45, 2.75) is 39.7 Å². The Morgan fingerprint density at radius 1 is 1.11 bits per heavy atom. The van der Waals surface area contributed by atoms with E-state index < -0.39 is 0 Å². The number of hydrogen-bond acceptors (Lipinski definition) is 2. The SMILES string of the molecule is CCc1ccc(CC(N)c2ccc(C)cc2C)s1. The summed E-state index contributed by atoms with van der Waals surface area (Å²) in [7, 11) is 0. The number of aryl methyl sites for hydroxylation is 3. The van der Waals surface area contributed by atoms with Gasteiger partial charge in [-0.15, -0.1) is 11.3 Å². The van der Waals surface area contributed by atoms with Gasteiger partial charge in [-0.25, -0.2) is 0 Å². The van der Waals surface area contributed by atoms with Crippen molar-refractivity contribution in [3.05, 3.63) is 56.8 Å². The summed E-state index contributed by atoms with van der Waals surface area (Å²) in [5.74, 6) is 0. The minimum atomic E-state index is 0.106. The van der Waals surface area contributed by atoms with Crippen LogP contribution in [0.2, 0.25) is 0 Å². The molecule has 1 aromatic heterocycles. The van der Waals surface area contributed by atoms with Crippen molar-refractivity contribution in [1.29, 1.82) is 0 Å². The van der Waals surface area contributed by atoms with Crippen LogP contribution in [0.15, 0.2) is 30.3 Å². The Hall–Kier alpha value is -1.12. The molecule has 2 rings (SSSR count). The lowest BCUT2D eigenvalue weighted by Gasteiger charge is -2.14. The first kappa shape index (κ1) is 13.3. The summed E-state index contributed by atoms with van der Waals surface area (Å²) in [6.45, 7) is 6.46. The molecule has 0 bridgehead atoms. The van der Waals surface area contributed by atoms with Crippen molar-refractivity contribution in [2.24, 2.45) is 5.73 Å². The third-order valence-electron chi connectivity index (χ3n) is 3.31. The van der Waals surface area contributed by atoms with Gasteiger partial charge in [-0.1, -0.05) is 30.7 Å². The fourth-order valence-electron chi connectivity index (χ4n) is 2.29. The van der Waals surface area contributed by atoms with Crippen LogP contribution in [0.1, 0.15) is 39.4 Å². The molecule has 0 aliphatic rings. The highest BCUT2D eigenvalue weighted by atomic mass is 32.1. The van der Waals surface area contributed by atoms with E-state index in [-0.39, 0.29) is 6.04 Å². The molecular formula is C16H21NS. The summed E-state index contributed by atoms with van der Waals surface area (Å²) >= 11 is 1.88. The van der Waals surface area contributed by atoms with E-state index in [9.17, 15) is 0 Å². The number of benzene rings is 1. The first-order valence-corrected chi connectivity index (χ1v) is 7.32. The average Bonchev–Trinajstić information content (AvgIpc) is 2.76. The van der Waals surface area contributed by atoms with Crippen molar-refractivity contribution in [1.82, 2.24) is 0 Å². The summed E-state index contributed by atoms with van der Waals surface area (Å²) in [6.07, 6.45) is 2.05. The van der Waals surface area contributed by atoms with E-state index in [1.165, 1.54) is 26.4 Å². The highest BCUT2D eigenvalue weighted by Gasteiger charge is 2.11. The van der Waals surface area contributed by atoms with Gasteiger partial charge in [0.05, 0.1) is 0 Å². The predicted octanol–water partition coefficient (Wildman–Crippen LogP) is 4.17. The Morgan fingerprint density at radius 3 is 2.44 bits per heavy atom. The van der Waals surface area contributed by atoms with Gasteiger partial charge < -0.3 is 5.73 Å². The van der Waals surface area contributed by atoms with Gasteiger partial charge in [0.2, 0.25) is 0 Å². The van der Waals surface area contributed by atoms with E-state index in [4.69, 9.17) is 5.73 Å². The molecule has 1 heterocycles. The Bertz CT molecular complexity index is 528. The molecule has 2 N–H and O–H groups in total. The molecule has 0 radical (unpaired) electrons. The van der Waals surface area contributed by atoms with E-state index in [0.29, 0.717) is 0 Å². The van der Waals surface area contributed by atoms with Crippen molar-refractivity contribution in [2.75, 3.05) is 0 Å². The Labute approximate surface area is 114 Å². The van der Waals surface area contributed by atoms with Crippen molar-refractivity contribution >= 4 is 11.3 Å². The maximum atomic E-state index is 6.34. The smallest absolute Gasteiger partial charge is 0.0346 e. The molecule has 1 atom stereocenters. The average molecular weight is 259 g/mol. The summed E-state index contributed by atoms with van der Waals surface area (Å²) in [6, 6.07) is 11.1. The third-order valence-corrected chi connectivity index (χ3v) is 4.56. The molecule has 1 nitrogen and oxygen atoms in total. The first-order chi connectivity index (χ1) is 8.60. The standard InChI is InChI=1S/C16H21NS/c1-4-13-6-7-14(18-13)10-16(17)15-8-5-11(2)9-12(15)3/h5-9,16H,4,10,17H2,1-3H3. The fraction of sp³-hybridized carbons (Fsp3) is 0.375. The molecule has 0 aliphatic heterocycles. The zero-order valence-electron chi connectivity index (χ0n) is 11.4. The minimum absolute atomic E-state index is 0.106. The monoisotopic (exact) mass is 259 g/mol. The van der Waals surface area contributed by atoms with Crippen molar-refractivity contribution in [3.63, 3.8) is 0 Å². The van der Waals surface area contributed by atoms with Gasteiger partial charge in [0.25, 0.3) is 0 Å². The topological polar surface area (TPSA) is 26.0 Å². The van der Waals surface area contributed by atoms with Crippen LogP contribution in [-0.2, 0) is 12.8 Å². The van der Waals surface area contributed by atoms with Crippen LogP contribution in [0, 0.1) is 13.8 Å². The van der Waals surface area contributed by atoms with Crippen LogP contribution in [-0.4, -0.2) is 0 Å². The number of rotatable bonds is 4. The van der Waals surface area contributed by atoms with E-state index in [1.54, 1.807) is 0 Å². The quantitative estimate of drug-likeness (QED) is 0.876. The van der Waals surface area contributed by atoms with Crippen molar-refractivity contribution in [3.8, 4) is 0 Å². The lowest BCUT2D eigenvalue weighted by Crippen LogP contribution is -2.14. The second-order valence-electron chi connectivity index (χ2n) is 4.89. The zero-order valence-corrected chi connectivity index (χ0v) is 12.2. The number of thiophene rings is 1. The summed E-state index contributed by atoms with van der Waals surface area (Å²) < 4.78 is 0. The van der Waals surface area contributed by atoms with Gasteiger partial charge in [-0.3, -0.25) is 0 Å². The van der Waals surface area contributed by atoms with Crippen LogP contribution >= 0.6 is 11.3 Å². The zero-order chi connectivity index (χ0) is 13.1. The Morgan fingerprint density at radius 2 is 1.83 bits per heavy atom. The third kappa shape index (κ3) is 3.01. The predicted molar refractivity (Wildman–Crippen MR) is 80.2 cm³/mol. The minimum Gasteiger partial charge on any atom is -0.324 e. The van der Waals surface area contributed by atoms with Crippen LogP contribution in [0.25, 0.3) is 0 Å². The Kier molecular flexibility index (Phi) is 4.20. The molecular weight excluding hydrogens is 238 g/mol. The van der Waals surface area contributed by atoms with Crippen LogP contribution in [0.4, 0.5) is 0 Å². The summed E-state index contributed by atoms with van der Waals surface area (Å²) in [5.41, 5.74) is 10.2. The summed E-state index contributed by atoms with van der Waals surface area (Å²) in [5, 5.41) is 0. The van der Waals surface area contributed by atoms with Gasteiger partial charge in [0.1, 0.15) is 0 Å². The molecule has 0 saturated carbocycles. The molecule has 0 saturated heterocycles. The maximum absolute atomic E-state index is 6.34. The molecule has 0 amide bonds. The second kappa shape index (κ2) is 5.68. The van der Waals surface area contributed by atoms with Crippen molar-refractivity contribution < 1.29 is 0 Å². The molecule has 2 heteroatoms. The second-order valence-corrected chi connectivity index (χ2v) is 6.15. The number of nitrogens with two attached hydrogens (primary N) is 1. The molecule has 1 unspecified atom stereocenters. The molecule has 0 aliphatic carbocycles. The first-order valence-electron chi connectivity index (χ1n) is 6.50. The van der Waals surface area contributed by atoms with E-state index in [2.05, 4.69) is 51.1 Å². The molecule has 0 fully saturated rings. The van der Waals surface area contributed by atoms with Gasteiger partial charge in [0.15, 0.2) is 0 Å². The van der Waals surface area contributed by atoms with E-state index in [1.807, 2.05) is 11.3 Å². The van der Waals surface area contributed by atoms with Gasteiger partial charge in [0, 0.05) is 22.2 Å². The fourth-order valence-corrected chi connectivity index (χ4v) is 3.31. The van der Waals surface area contributed by atoms with Crippen LogP contribution in [0.5, 0.6) is 0 Å².